The Bertz CT molecular complexity index is 1180. The Morgan fingerprint density at radius 1 is 1.06 bits per heavy atom. The highest BCUT2D eigenvalue weighted by molar-refractivity contribution is 6.33. The molecular formula is C24H29ClN4O4. The minimum absolute atomic E-state index is 0.142. The third-order valence-corrected chi connectivity index (χ3v) is 5.55. The van der Waals surface area contributed by atoms with Gasteiger partial charge in [-0.3, -0.25) is 4.79 Å². The van der Waals surface area contributed by atoms with Crippen LogP contribution in [0.15, 0.2) is 47.3 Å². The quantitative estimate of drug-likeness (QED) is 0.487. The summed E-state index contributed by atoms with van der Waals surface area (Å²) in [5.41, 5.74) is 1.35. The molecule has 3 aromatic rings. The highest BCUT2D eigenvalue weighted by atomic mass is 35.5. The topological polar surface area (TPSA) is 86.9 Å². The number of aromatic amines is 1. The predicted molar refractivity (Wildman–Crippen MR) is 132 cm³/mol. The van der Waals surface area contributed by atoms with Crippen LogP contribution in [0.25, 0.3) is 10.9 Å². The van der Waals surface area contributed by atoms with Crippen LogP contribution < -0.4 is 20.3 Å². The van der Waals surface area contributed by atoms with Gasteiger partial charge in [0.05, 0.1) is 37.0 Å². The summed E-state index contributed by atoms with van der Waals surface area (Å²) in [5.74, 6) is 1.08. The van der Waals surface area contributed by atoms with Gasteiger partial charge in [-0.25, -0.2) is 4.79 Å². The molecule has 0 fully saturated rings. The van der Waals surface area contributed by atoms with Gasteiger partial charge in [0.15, 0.2) is 11.5 Å². The van der Waals surface area contributed by atoms with Crippen molar-refractivity contribution in [1.29, 1.82) is 0 Å². The number of fused-ring (bicyclic) bond motifs is 1. The van der Waals surface area contributed by atoms with Crippen LogP contribution in [-0.4, -0.2) is 62.2 Å². The number of aromatic nitrogens is 1. The third kappa shape index (κ3) is 6.18. The molecule has 0 radical (unpaired) electrons. The highest BCUT2D eigenvalue weighted by Gasteiger charge is 2.18. The van der Waals surface area contributed by atoms with Gasteiger partial charge in [-0.05, 0) is 51.3 Å². The Morgan fingerprint density at radius 3 is 2.42 bits per heavy atom. The number of nitrogens with one attached hydrogen (secondary N) is 2. The van der Waals surface area contributed by atoms with Crippen molar-refractivity contribution in [1.82, 2.24) is 14.8 Å². The number of methoxy groups -OCH3 is 2. The van der Waals surface area contributed by atoms with Crippen molar-refractivity contribution in [2.24, 2.45) is 0 Å². The first-order valence-electron chi connectivity index (χ1n) is 10.6. The standard InChI is InChI=1S/C24H29ClN4O4/c1-28(2)10-7-11-29(24(31)27-19-9-6-5-8-18(19)25)15-17-12-16-13-21(32-3)22(33-4)14-20(16)26-23(17)30/h5-6,8-9,12-14H,7,10-11,15H2,1-4H3,(H,26,30)(H,27,31). The molecule has 0 aliphatic heterocycles. The fourth-order valence-electron chi connectivity index (χ4n) is 3.49. The number of benzene rings is 2. The lowest BCUT2D eigenvalue weighted by Crippen LogP contribution is -2.37. The van der Waals surface area contributed by atoms with E-state index in [1.165, 1.54) is 0 Å². The molecule has 0 atom stereocenters. The molecule has 1 aromatic heterocycles. The first-order valence-corrected chi connectivity index (χ1v) is 10.9. The molecule has 0 saturated carbocycles. The van der Waals surface area contributed by atoms with Gasteiger partial charge < -0.3 is 29.6 Å². The lowest BCUT2D eigenvalue weighted by atomic mass is 10.1. The second-order valence-corrected chi connectivity index (χ2v) is 8.31. The maximum atomic E-state index is 13.1. The molecule has 0 aliphatic carbocycles. The van der Waals surface area contributed by atoms with Gasteiger partial charge in [0.1, 0.15) is 0 Å². The molecule has 0 unspecified atom stereocenters. The van der Waals surface area contributed by atoms with Gasteiger partial charge in [0.25, 0.3) is 5.56 Å². The monoisotopic (exact) mass is 472 g/mol. The van der Waals surface area contributed by atoms with E-state index in [4.69, 9.17) is 21.1 Å². The molecule has 2 N–H and O–H groups in total. The Kier molecular flexibility index (Phi) is 8.19. The lowest BCUT2D eigenvalue weighted by molar-refractivity contribution is 0.205. The van der Waals surface area contributed by atoms with Crippen LogP contribution >= 0.6 is 11.6 Å². The second-order valence-electron chi connectivity index (χ2n) is 7.91. The largest absolute Gasteiger partial charge is 0.493 e. The van der Waals surface area contributed by atoms with E-state index in [-0.39, 0.29) is 18.1 Å². The number of ether oxygens (including phenoxy) is 2. The lowest BCUT2D eigenvalue weighted by Gasteiger charge is -2.24. The van der Waals surface area contributed by atoms with Crippen molar-refractivity contribution in [3.8, 4) is 11.5 Å². The Labute approximate surface area is 198 Å². The van der Waals surface area contributed by atoms with Gasteiger partial charge in [0.2, 0.25) is 0 Å². The van der Waals surface area contributed by atoms with Crippen LogP contribution in [0, 0.1) is 0 Å². The number of para-hydroxylation sites is 1. The minimum Gasteiger partial charge on any atom is -0.493 e. The second kappa shape index (κ2) is 11.1. The molecule has 33 heavy (non-hydrogen) atoms. The molecule has 3 rings (SSSR count). The van der Waals surface area contributed by atoms with E-state index >= 15 is 0 Å². The van der Waals surface area contributed by atoms with Crippen LogP contribution in [0.2, 0.25) is 5.02 Å². The number of urea groups is 1. The number of H-pyrrole nitrogens is 1. The number of carbonyl (C=O) groups is 1. The van der Waals surface area contributed by atoms with E-state index in [0.717, 1.165) is 18.4 Å². The minimum atomic E-state index is -0.325. The number of halogens is 1. The van der Waals surface area contributed by atoms with E-state index in [9.17, 15) is 9.59 Å². The number of carbonyl (C=O) groups excluding carboxylic acids is 1. The molecule has 2 amide bonds. The SMILES string of the molecule is COc1cc2cc(CN(CCCN(C)C)C(=O)Nc3ccccc3Cl)c(=O)[nH]c2cc1OC. The number of nitrogens with zero attached hydrogens (tertiary/aromatic N) is 2. The van der Waals surface area contributed by atoms with Crippen LogP contribution in [0.3, 0.4) is 0 Å². The number of pyridine rings is 1. The molecule has 2 aromatic carbocycles. The van der Waals surface area contributed by atoms with E-state index in [0.29, 0.717) is 39.8 Å². The van der Waals surface area contributed by atoms with E-state index in [2.05, 4.69) is 10.3 Å². The summed E-state index contributed by atoms with van der Waals surface area (Å²) in [5, 5.41) is 4.08. The molecule has 0 aliphatic rings. The molecule has 0 bridgehead atoms. The summed E-state index contributed by atoms with van der Waals surface area (Å²) in [7, 11) is 7.05. The van der Waals surface area contributed by atoms with E-state index in [1.54, 1.807) is 61.6 Å². The fraction of sp³-hybridized carbons (Fsp3) is 0.333. The average molecular weight is 473 g/mol. The molecular weight excluding hydrogens is 444 g/mol. The Balaban J connectivity index is 1.90. The molecule has 1 heterocycles. The summed E-state index contributed by atoms with van der Waals surface area (Å²) >= 11 is 6.21. The normalized spacial score (nSPS) is 11.0. The number of hydrogen-bond acceptors (Lipinski definition) is 5. The van der Waals surface area contributed by atoms with Gasteiger partial charge >= 0.3 is 6.03 Å². The van der Waals surface area contributed by atoms with Gasteiger partial charge in [0, 0.05) is 23.6 Å². The Morgan fingerprint density at radius 2 is 1.76 bits per heavy atom. The maximum Gasteiger partial charge on any atom is 0.322 e. The van der Waals surface area contributed by atoms with Crippen molar-refractivity contribution in [3.63, 3.8) is 0 Å². The third-order valence-electron chi connectivity index (χ3n) is 5.22. The molecule has 0 saturated heterocycles. The Hall–Kier alpha value is -3.23. The van der Waals surface area contributed by atoms with Crippen LogP contribution in [-0.2, 0) is 6.54 Å². The van der Waals surface area contributed by atoms with Crippen molar-refractivity contribution >= 4 is 34.2 Å². The summed E-state index contributed by atoms with van der Waals surface area (Å²) < 4.78 is 10.7. The van der Waals surface area contributed by atoms with E-state index < -0.39 is 0 Å². The van der Waals surface area contributed by atoms with Crippen molar-refractivity contribution in [2.45, 2.75) is 13.0 Å². The van der Waals surface area contributed by atoms with Crippen LogP contribution in [0.1, 0.15) is 12.0 Å². The van der Waals surface area contributed by atoms with Gasteiger partial charge in [-0.1, -0.05) is 23.7 Å². The number of hydrogen-bond donors (Lipinski definition) is 2. The first kappa shape index (κ1) is 24.4. The molecule has 9 heteroatoms. The number of anilines is 1. The predicted octanol–water partition coefficient (Wildman–Crippen LogP) is 4.18. The smallest absolute Gasteiger partial charge is 0.322 e. The first-order chi connectivity index (χ1) is 15.8. The van der Waals surface area contributed by atoms with E-state index in [1.807, 2.05) is 19.0 Å². The zero-order chi connectivity index (χ0) is 24.0. The summed E-state index contributed by atoms with van der Waals surface area (Å²) in [4.78, 5) is 32.5. The van der Waals surface area contributed by atoms with Crippen molar-refractivity contribution < 1.29 is 14.3 Å². The molecule has 176 valence electrons. The molecule has 0 spiro atoms. The average Bonchev–Trinajstić information content (AvgIpc) is 2.79. The summed E-state index contributed by atoms with van der Waals surface area (Å²) in [6.45, 7) is 1.42. The maximum absolute atomic E-state index is 13.1. The van der Waals surface area contributed by atoms with Crippen molar-refractivity contribution in [3.05, 3.63) is 63.4 Å². The zero-order valence-electron chi connectivity index (χ0n) is 19.3. The zero-order valence-corrected chi connectivity index (χ0v) is 20.0. The molecule has 8 nitrogen and oxygen atoms in total. The van der Waals surface area contributed by atoms with Crippen LogP contribution in [0.5, 0.6) is 11.5 Å². The van der Waals surface area contributed by atoms with Crippen molar-refractivity contribution in [2.75, 3.05) is 46.7 Å². The highest BCUT2D eigenvalue weighted by Crippen LogP contribution is 2.31. The number of amides is 2. The number of rotatable bonds is 9. The van der Waals surface area contributed by atoms with Gasteiger partial charge in [-0.2, -0.15) is 0 Å². The summed E-state index contributed by atoms with van der Waals surface area (Å²) in [6, 6.07) is 12.0. The van der Waals surface area contributed by atoms with Gasteiger partial charge in [-0.15, -0.1) is 0 Å². The van der Waals surface area contributed by atoms with Crippen LogP contribution in [0.4, 0.5) is 10.5 Å². The fourth-order valence-corrected chi connectivity index (χ4v) is 3.67. The summed E-state index contributed by atoms with van der Waals surface area (Å²) in [6.07, 6.45) is 0.749.